The predicted octanol–water partition coefficient (Wildman–Crippen LogP) is 6.17. The van der Waals surface area contributed by atoms with Crippen LogP contribution in [0.5, 0.6) is 11.5 Å². The van der Waals surface area contributed by atoms with E-state index in [-0.39, 0.29) is 12.1 Å². The molecule has 4 aromatic heterocycles. The molecule has 0 radical (unpaired) electrons. The van der Waals surface area contributed by atoms with Crippen molar-refractivity contribution in [2.45, 2.75) is 70.1 Å². The highest BCUT2D eigenvalue weighted by Gasteiger charge is 2.35. The third-order valence-corrected chi connectivity index (χ3v) is 8.81. The van der Waals surface area contributed by atoms with E-state index in [4.69, 9.17) is 19.3 Å². The van der Waals surface area contributed by atoms with Gasteiger partial charge in [0.15, 0.2) is 5.75 Å². The van der Waals surface area contributed by atoms with Crippen LogP contribution < -0.4 is 4.74 Å². The Kier molecular flexibility index (Phi) is 6.31. The zero-order valence-corrected chi connectivity index (χ0v) is 23.9. The van der Waals surface area contributed by atoms with Crippen LogP contribution in [0.2, 0.25) is 0 Å². The molecule has 7 rings (SSSR count). The van der Waals surface area contributed by atoms with Gasteiger partial charge in [-0.2, -0.15) is 10.2 Å². The highest BCUT2D eigenvalue weighted by molar-refractivity contribution is 7.22. The zero-order chi connectivity index (χ0) is 27.4. The number of amides is 1. The molecule has 1 aliphatic carbocycles. The van der Waals surface area contributed by atoms with Gasteiger partial charge in [0.2, 0.25) is 0 Å². The minimum absolute atomic E-state index is 0.138. The Hall–Kier alpha value is -3.44. The lowest BCUT2D eigenvalue weighted by atomic mass is 9.96. The number of likely N-dealkylation sites (tertiary alicyclic amines) is 1. The van der Waals surface area contributed by atoms with Crippen molar-refractivity contribution in [3.8, 4) is 21.9 Å². The summed E-state index contributed by atoms with van der Waals surface area (Å²) in [5.74, 6) is 1.99. The molecule has 4 aromatic rings. The van der Waals surface area contributed by atoms with Gasteiger partial charge in [-0.1, -0.05) is 0 Å². The van der Waals surface area contributed by atoms with E-state index in [1.54, 1.807) is 22.4 Å². The number of fused-ring (bicyclic) bond motifs is 1. The fraction of sp³-hybridized carbons (Fsp3) is 0.517. The van der Waals surface area contributed by atoms with Crippen molar-refractivity contribution in [3.05, 3.63) is 42.6 Å². The van der Waals surface area contributed by atoms with Gasteiger partial charge in [-0.3, -0.25) is 14.3 Å². The van der Waals surface area contributed by atoms with Crippen molar-refractivity contribution in [2.75, 3.05) is 26.3 Å². The van der Waals surface area contributed by atoms with E-state index < -0.39 is 5.60 Å². The molecule has 6 heterocycles. The van der Waals surface area contributed by atoms with Crippen LogP contribution in [-0.4, -0.2) is 67.4 Å². The lowest BCUT2D eigenvalue weighted by Crippen LogP contribution is -2.52. The second kappa shape index (κ2) is 9.88. The van der Waals surface area contributed by atoms with Crippen LogP contribution in [0, 0.1) is 0 Å². The van der Waals surface area contributed by atoms with Crippen LogP contribution >= 0.6 is 11.3 Å². The summed E-state index contributed by atoms with van der Waals surface area (Å²) >= 11 is 1.65. The summed E-state index contributed by atoms with van der Waals surface area (Å²) in [5, 5.41) is 9.58. The SMILES string of the molecule is CC(C)(C)OC(=O)N1CC(n2cc(-c3cc4nccc(Oc5cn(C6CC6)nc5C5CCOCC5)c4s3)cn2)C1. The molecule has 210 valence electrons. The molecule has 2 saturated heterocycles. The van der Waals surface area contributed by atoms with Gasteiger partial charge < -0.3 is 19.1 Å². The van der Waals surface area contributed by atoms with Crippen LogP contribution in [-0.2, 0) is 9.47 Å². The van der Waals surface area contributed by atoms with Crippen LogP contribution in [0.25, 0.3) is 20.7 Å². The molecule has 1 amide bonds. The molecule has 1 saturated carbocycles. The molecule has 0 bridgehead atoms. The van der Waals surface area contributed by atoms with Crippen LogP contribution in [0.4, 0.5) is 4.79 Å². The van der Waals surface area contributed by atoms with Gasteiger partial charge in [0.05, 0.1) is 34.7 Å². The molecule has 2 aliphatic heterocycles. The smallest absolute Gasteiger partial charge is 0.410 e. The Labute approximate surface area is 236 Å². The Morgan fingerprint density at radius 2 is 1.85 bits per heavy atom. The second-order valence-corrected chi connectivity index (χ2v) is 13.0. The molecule has 0 spiro atoms. The summed E-state index contributed by atoms with van der Waals surface area (Å²) in [5.41, 5.74) is 2.46. The Morgan fingerprint density at radius 3 is 2.60 bits per heavy atom. The maximum Gasteiger partial charge on any atom is 0.410 e. The first-order chi connectivity index (χ1) is 19.3. The number of carbonyl (C=O) groups excluding carboxylic acids is 1. The lowest BCUT2D eigenvalue weighted by Gasteiger charge is -2.39. The molecule has 0 unspecified atom stereocenters. The van der Waals surface area contributed by atoms with Gasteiger partial charge >= 0.3 is 6.09 Å². The molecule has 3 fully saturated rings. The van der Waals surface area contributed by atoms with E-state index in [1.165, 1.54) is 12.8 Å². The molecule has 10 nitrogen and oxygen atoms in total. The molecule has 0 N–H and O–H groups in total. The van der Waals surface area contributed by atoms with Crippen molar-refractivity contribution in [3.63, 3.8) is 0 Å². The van der Waals surface area contributed by atoms with Crippen LogP contribution in [0.15, 0.2) is 36.9 Å². The molecule has 0 atom stereocenters. The van der Waals surface area contributed by atoms with Crippen molar-refractivity contribution in [2.24, 2.45) is 0 Å². The van der Waals surface area contributed by atoms with E-state index in [9.17, 15) is 4.79 Å². The van der Waals surface area contributed by atoms with E-state index in [0.29, 0.717) is 25.0 Å². The highest BCUT2D eigenvalue weighted by Crippen LogP contribution is 2.43. The molecule has 40 heavy (non-hydrogen) atoms. The van der Waals surface area contributed by atoms with Crippen molar-refractivity contribution in [1.82, 2.24) is 29.4 Å². The number of thiophene rings is 1. The molecule has 3 aliphatic rings. The van der Waals surface area contributed by atoms with Gasteiger partial charge in [-0.15, -0.1) is 11.3 Å². The minimum Gasteiger partial charge on any atom is -0.452 e. The maximum atomic E-state index is 12.3. The lowest BCUT2D eigenvalue weighted by molar-refractivity contribution is -0.000384. The Balaban J connectivity index is 1.10. The molecule has 0 aromatic carbocycles. The van der Waals surface area contributed by atoms with Gasteiger partial charge in [-0.25, -0.2) is 4.79 Å². The summed E-state index contributed by atoms with van der Waals surface area (Å²) in [4.78, 5) is 19.7. The topological polar surface area (TPSA) is 96.5 Å². The van der Waals surface area contributed by atoms with Crippen molar-refractivity contribution in [1.29, 1.82) is 0 Å². The first kappa shape index (κ1) is 25.5. The van der Waals surface area contributed by atoms with Crippen molar-refractivity contribution >= 4 is 27.6 Å². The molecular formula is C29H34N6O4S. The average molecular weight is 563 g/mol. The highest BCUT2D eigenvalue weighted by atomic mass is 32.1. The maximum absolute atomic E-state index is 12.3. The van der Waals surface area contributed by atoms with Crippen LogP contribution in [0.3, 0.4) is 0 Å². The summed E-state index contributed by atoms with van der Waals surface area (Å²) in [6.07, 6.45) is 11.8. The standard InChI is InChI=1S/C29H34N6O4S/c1-29(2,3)39-28(36)33-15-21(16-33)34-14-19(13-31-34)25-12-22-27(40-25)23(6-9-30-22)38-24-17-35(20-4-5-20)32-26(24)18-7-10-37-11-8-18/h6,9,12-14,17-18,20-21H,4-5,7-8,10-11,15-16H2,1-3H3. The summed E-state index contributed by atoms with van der Waals surface area (Å²) < 4.78 is 22.7. The number of nitrogens with zero attached hydrogens (tertiary/aromatic N) is 6. The normalized spacial score (nSPS) is 18.7. The predicted molar refractivity (Wildman–Crippen MR) is 151 cm³/mol. The number of carbonyl (C=O) groups is 1. The van der Waals surface area contributed by atoms with E-state index in [0.717, 1.165) is 63.9 Å². The average Bonchev–Trinajstić information content (AvgIpc) is 3.28. The third kappa shape index (κ3) is 5.08. The monoisotopic (exact) mass is 562 g/mol. The Bertz CT molecular complexity index is 1540. The summed E-state index contributed by atoms with van der Waals surface area (Å²) in [6, 6.07) is 4.66. The van der Waals surface area contributed by atoms with E-state index in [2.05, 4.69) is 27.0 Å². The van der Waals surface area contributed by atoms with Crippen LogP contribution in [0.1, 0.15) is 70.2 Å². The second-order valence-electron chi connectivity index (χ2n) is 12.0. The van der Waals surface area contributed by atoms with Gasteiger partial charge in [0.1, 0.15) is 17.0 Å². The number of rotatable bonds is 6. The largest absolute Gasteiger partial charge is 0.452 e. The van der Waals surface area contributed by atoms with Gasteiger partial charge in [0, 0.05) is 61.1 Å². The fourth-order valence-electron chi connectivity index (χ4n) is 5.27. The van der Waals surface area contributed by atoms with E-state index >= 15 is 0 Å². The fourth-order valence-corrected chi connectivity index (χ4v) is 6.31. The molecular weight excluding hydrogens is 528 g/mol. The minimum atomic E-state index is -0.497. The Morgan fingerprint density at radius 1 is 1.05 bits per heavy atom. The first-order valence-corrected chi connectivity index (χ1v) is 14.9. The molecule has 11 heteroatoms. The number of ether oxygens (including phenoxy) is 3. The quantitative estimate of drug-likeness (QED) is 0.277. The number of aromatic nitrogens is 5. The first-order valence-electron chi connectivity index (χ1n) is 14.1. The number of hydrogen-bond acceptors (Lipinski definition) is 8. The number of hydrogen-bond donors (Lipinski definition) is 0. The third-order valence-electron chi connectivity index (χ3n) is 7.62. The summed E-state index contributed by atoms with van der Waals surface area (Å²) in [7, 11) is 0. The summed E-state index contributed by atoms with van der Waals surface area (Å²) in [6.45, 7) is 8.35. The van der Waals surface area contributed by atoms with Gasteiger partial charge in [-0.05, 0) is 52.5 Å². The van der Waals surface area contributed by atoms with Gasteiger partial charge in [0.25, 0.3) is 0 Å². The number of pyridine rings is 1. The van der Waals surface area contributed by atoms with Crippen molar-refractivity contribution < 1.29 is 19.0 Å². The van der Waals surface area contributed by atoms with E-state index in [1.807, 2.05) is 43.9 Å². The zero-order valence-electron chi connectivity index (χ0n) is 23.1.